The van der Waals surface area contributed by atoms with Gasteiger partial charge in [-0.05, 0) is 12.8 Å². The van der Waals surface area contributed by atoms with Crippen molar-refractivity contribution >= 4 is 16.5 Å². The summed E-state index contributed by atoms with van der Waals surface area (Å²) in [6.45, 7) is 2.17. The largest absolute Gasteiger partial charge is 0.391 e. The number of fused-ring (bicyclic) bond motifs is 1. The Bertz CT molecular complexity index is 450. The molecule has 2 atom stereocenters. The first-order chi connectivity index (χ1) is 9.83. The second-order valence-electron chi connectivity index (χ2n) is 5.41. The highest BCUT2D eigenvalue weighted by atomic mass is 32.1. The topological polar surface area (TPSA) is 54.8 Å². The summed E-state index contributed by atoms with van der Waals surface area (Å²) in [5, 5.41) is 10.5. The maximum Gasteiger partial charge on any atom is 0.186 e. The Morgan fingerprint density at radius 3 is 3.10 bits per heavy atom. The van der Waals surface area contributed by atoms with E-state index in [1.807, 2.05) is 0 Å². The summed E-state index contributed by atoms with van der Waals surface area (Å²) in [5.41, 5.74) is 0.869. The maximum absolute atomic E-state index is 9.46. The highest BCUT2D eigenvalue weighted by Gasteiger charge is 2.35. The molecule has 0 radical (unpaired) electrons. The van der Waals surface area contributed by atoms with Gasteiger partial charge in [-0.1, -0.05) is 24.2 Å². The number of thiazole rings is 1. The van der Waals surface area contributed by atoms with Crippen LogP contribution >= 0.6 is 11.3 Å². The quantitative estimate of drug-likeness (QED) is 0.920. The van der Waals surface area contributed by atoms with E-state index in [2.05, 4.69) is 9.88 Å². The summed E-state index contributed by atoms with van der Waals surface area (Å²) in [6.07, 6.45) is 5.22. The molecule has 112 valence electrons. The fourth-order valence-corrected chi connectivity index (χ4v) is 4.21. The number of methoxy groups -OCH3 is 1. The first-order valence-corrected chi connectivity index (χ1v) is 8.11. The fraction of sp³-hybridized carbons (Fsp3) is 0.786. The molecule has 1 N–H and O–H groups in total. The van der Waals surface area contributed by atoms with E-state index >= 15 is 0 Å². The van der Waals surface area contributed by atoms with Gasteiger partial charge in [0, 0.05) is 13.7 Å². The zero-order valence-corrected chi connectivity index (χ0v) is 12.7. The second-order valence-corrected chi connectivity index (χ2v) is 6.47. The van der Waals surface area contributed by atoms with Crippen LogP contribution in [0.5, 0.6) is 0 Å². The summed E-state index contributed by atoms with van der Waals surface area (Å²) in [5.74, 6) is 0. The number of anilines is 1. The average molecular weight is 298 g/mol. The van der Waals surface area contributed by atoms with Crippen molar-refractivity contribution < 1.29 is 14.6 Å². The van der Waals surface area contributed by atoms with Crippen LogP contribution in [-0.4, -0.2) is 42.5 Å². The molecular formula is C14H22N2O3S. The molecule has 1 aliphatic heterocycles. The van der Waals surface area contributed by atoms with Gasteiger partial charge in [-0.3, -0.25) is 0 Å². The van der Waals surface area contributed by atoms with Gasteiger partial charge in [-0.15, -0.1) is 0 Å². The number of aliphatic hydroxyl groups is 1. The van der Waals surface area contributed by atoms with Crippen molar-refractivity contribution in [3.63, 3.8) is 0 Å². The first kappa shape index (κ1) is 14.3. The van der Waals surface area contributed by atoms with E-state index in [1.165, 1.54) is 19.3 Å². The molecule has 1 aromatic rings. The van der Waals surface area contributed by atoms with Crippen molar-refractivity contribution in [1.29, 1.82) is 0 Å². The maximum atomic E-state index is 9.46. The molecule has 1 aromatic heterocycles. The molecule has 2 fully saturated rings. The van der Waals surface area contributed by atoms with Gasteiger partial charge >= 0.3 is 0 Å². The minimum Gasteiger partial charge on any atom is -0.391 e. The van der Waals surface area contributed by atoms with Crippen LogP contribution in [0.25, 0.3) is 0 Å². The molecule has 1 saturated carbocycles. The number of aromatic nitrogens is 1. The molecule has 1 aliphatic carbocycles. The third-order valence-electron chi connectivity index (χ3n) is 4.17. The third kappa shape index (κ3) is 2.70. The van der Waals surface area contributed by atoms with Crippen LogP contribution in [0.3, 0.4) is 0 Å². The van der Waals surface area contributed by atoms with Crippen LogP contribution in [0.2, 0.25) is 0 Å². The zero-order valence-electron chi connectivity index (χ0n) is 11.9. The summed E-state index contributed by atoms with van der Waals surface area (Å²) < 4.78 is 11.1. The van der Waals surface area contributed by atoms with Crippen molar-refractivity contribution in [1.82, 2.24) is 4.98 Å². The van der Waals surface area contributed by atoms with Gasteiger partial charge < -0.3 is 19.5 Å². The van der Waals surface area contributed by atoms with Gasteiger partial charge in [-0.2, -0.15) is 0 Å². The molecule has 3 rings (SSSR count). The average Bonchev–Trinajstić information content (AvgIpc) is 2.90. The predicted molar refractivity (Wildman–Crippen MR) is 78.1 cm³/mol. The van der Waals surface area contributed by atoms with Gasteiger partial charge in [0.1, 0.15) is 0 Å². The molecule has 0 spiro atoms. The lowest BCUT2D eigenvalue weighted by molar-refractivity contribution is -0.00871. The Morgan fingerprint density at radius 1 is 1.45 bits per heavy atom. The summed E-state index contributed by atoms with van der Waals surface area (Å²) in [4.78, 5) is 7.99. The van der Waals surface area contributed by atoms with Crippen LogP contribution in [0, 0.1) is 0 Å². The van der Waals surface area contributed by atoms with Crippen LogP contribution in [0.4, 0.5) is 5.13 Å². The number of hydrogen-bond acceptors (Lipinski definition) is 6. The van der Waals surface area contributed by atoms with Gasteiger partial charge in [0.05, 0.1) is 42.5 Å². The number of morpholine rings is 1. The summed E-state index contributed by atoms with van der Waals surface area (Å²) in [6, 6.07) is 0.450. The van der Waals surface area contributed by atoms with E-state index in [0.29, 0.717) is 18.8 Å². The van der Waals surface area contributed by atoms with Crippen LogP contribution in [-0.2, 0) is 22.7 Å². The second kappa shape index (κ2) is 6.39. The fourth-order valence-electron chi connectivity index (χ4n) is 3.20. The van der Waals surface area contributed by atoms with E-state index in [1.54, 1.807) is 18.4 Å². The lowest BCUT2D eigenvalue weighted by atomic mass is 9.90. The predicted octanol–water partition coefficient (Wildman–Crippen LogP) is 1.93. The normalized spacial score (nSPS) is 26.6. The number of hydrogen-bond donors (Lipinski definition) is 1. The summed E-state index contributed by atoms with van der Waals surface area (Å²) >= 11 is 1.59. The Balaban J connectivity index is 1.83. The Kier molecular flexibility index (Phi) is 4.55. The molecular weight excluding hydrogens is 276 g/mol. The molecule has 2 aliphatic rings. The van der Waals surface area contributed by atoms with Crippen molar-refractivity contribution in [2.75, 3.05) is 25.2 Å². The molecule has 2 heterocycles. The molecule has 1 saturated heterocycles. The van der Waals surface area contributed by atoms with E-state index in [-0.39, 0.29) is 6.61 Å². The van der Waals surface area contributed by atoms with E-state index in [0.717, 1.165) is 35.3 Å². The third-order valence-corrected chi connectivity index (χ3v) is 5.29. The lowest BCUT2D eigenvalue weighted by Crippen LogP contribution is -2.52. The highest BCUT2D eigenvalue weighted by Crippen LogP contribution is 2.35. The number of nitrogens with zero attached hydrogens (tertiary/aromatic N) is 2. The monoisotopic (exact) mass is 298 g/mol. The number of ether oxygens (including phenoxy) is 2. The molecule has 5 nitrogen and oxygen atoms in total. The summed E-state index contributed by atoms with van der Waals surface area (Å²) in [7, 11) is 1.66. The minimum atomic E-state index is 0.0365. The Morgan fingerprint density at radius 2 is 2.30 bits per heavy atom. The lowest BCUT2D eigenvalue weighted by Gasteiger charge is -2.43. The molecule has 0 bridgehead atoms. The number of rotatable bonds is 4. The van der Waals surface area contributed by atoms with Crippen molar-refractivity contribution in [2.24, 2.45) is 0 Å². The zero-order chi connectivity index (χ0) is 13.9. The van der Waals surface area contributed by atoms with Crippen molar-refractivity contribution in [2.45, 2.75) is 51.0 Å². The van der Waals surface area contributed by atoms with Crippen LogP contribution < -0.4 is 4.90 Å². The minimum absolute atomic E-state index is 0.0365. The molecule has 0 amide bonds. The van der Waals surface area contributed by atoms with Crippen molar-refractivity contribution in [3.05, 3.63) is 10.6 Å². The van der Waals surface area contributed by atoms with Gasteiger partial charge in [-0.25, -0.2) is 4.98 Å². The molecule has 6 heteroatoms. The SMILES string of the molecule is COCc1nc(N2CCOC3CCCCC32)sc1CO. The van der Waals surface area contributed by atoms with Gasteiger partial charge in [0.15, 0.2) is 5.13 Å². The van der Waals surface area contributed by atoms with E-state index < -0.39 is 0 Å². The van der Waals surface area contributed by atoms with Gasteiger partial charge in [0.2, 0.25) is 0 Å². The van der Waals surface area contributed by atoms with Crippen molar-refractivity contribution in [3.8, 4) is 0 Å². The highest BCUT2D eigenvalue weighted by molar-refractivity contribution is 7.15. The molecule has 20 heavy (non-hydrogen) atoms. The number of aliphatic hydroxyl groups excluding tert-OH is 1. The Hall–Kier alpha value is -0.690. The smallest absolute Gasteiger partial charge is 0.186 e. The van der Waals surface area contributed by atoms with Gasteiger partial charge in [0.25, 0.3) is 0 Å². The van der Waals surface area contributed by atoms with Crippen LogP contribution in [0.15, 0.2) is 0 Å². The standard InChI is InChI=1S/C14H22N2O3S/c1-18-9-10-13(8-17)20-14(15-10)16-6-7-19-12-5-3-2-4-11(12)16/h11-12,17H,2-9H2,1H3. The molecule has 2 unspecified atom stereocenters. The Labute approximate surface area is 123 Å². The van der Waals surface area contributed by atoms with E-state index in [4.69, 9.17) is 9.47 Å². The van der Waals surface area contributed by atoms with E-state index in [9.17, 15) is 5.11 Å². The van der Waals surface area contributed by atoms with Crippen LogP contribution in [0.1, 0.15) is 36.3 Å². The first-order valence-electron chi connectivity index (χ1n) is 7.30. The molecule has 0 aromatic carbocycles.